The number of carbonyl (C=O) groups excluding carboxylic acids is 3. The maximum absolute atomic E-state index is 12.5. The SMILES string of the molecule is Cc1cc(NC(=O)C(C)(C)C)sc1C(=O)OCC(=O)N1CCN(c2ncccn2)CC1. The van der Waals surface area contributed by atoms with Gasteiger partial charge in [0.25, 0.3) is 5.91 Å². The van der Waals surface area contributed by atoms with Crippen LogP contribution < -0.4 is 10.2 Å². The molecular formula is C21H27N5O4S. The van der Waals surface area contributed by atoms with E-state index in [1.165, 1.54) is 0 Å². The van der Waals surface area contributed by atoms with Crippen LogP contribution in [0.1, 0.15) is 36.0 Å². The zero-order valence-corrected chi connectivity index (χ0v) is 19.0. The number of nitrogens with one attached hydrogen (secondary N) is 1. The maximum atomic E-state index is 12.5. The van der Waals surface area contributed by atoms with Crippen molar-refractivity contribution in [2.24, 2.45) is 5.41 Å². The van der Waals surface area contributed by atoms with Crippen molar-refractivity contribution in [1.29, 1.82) is 0 Å². The lowest BCUT2D eigenvalue weighted by Crippen LogP contribution is -2.50. The van der Waals surface area contributed by atoms with Gasteiger partial charge in [-0.3, -0.25) is 9.59 Å². The highest BCUT2D eigenvalue weighted by Crippen LogP contribution is 2.29. The highest BCUT2D eigenvalue weighted by atomic mass is 32.1. The van der Waals surface area contributed by atoms with Gasteiger partial charge in [0.15, 0.2) is 6.61 Å². The smallest absolute Gasteiger partial charge is 0.349 e. The van der Waals surface area contributed by atoms with E-state index in [0.29, 0.717) is 47.6 Å². The molecule has 3 heterocycles. The Labute approximate surface area is 185 Å². The Morgan fingerprint density at radius 2 is 1.77 bits per heavy atom. The number of amides is 2. The highest BCUT2D eigenvalue weighted by Gasteiger charge is 2.25. The van der Waals surface area contributed by atoms with Crippen LogP contribution in [0.25, 0.3) is 0 Å². The van der Waals surface area contributed by atoms with Crippen molar-refractivity contribution in [1.82, 2.24) is 14.9 Å². The van der Waals surface area contributed by atoms with Gasteiger partial charge in [-0.15, -0.1) is 11.3 Å². The van der Waals surface area contributed by atoms with E-state index in [1.807, 2.05) is 25.7 Å². The Morgan fingerprint density at radius 3 is 2.39 bits per heavy atom. The van der Waals surface area contributed by atoms with Crippen molar-refractivity contribution < 1.29 is 19.1 Å². The summed E-state index contributed by atoms with van der Waals surface area (Å²) in [6.07, 6.45) is 3.37. The molecule has 1 fully saturated rings. The standard InChI is InChI=1S/C21H27N5O4S/c1-14-12-15(24-19(29)21(2,3)4)31-17(14)18(28)30-13-16(27)25-8-10-26(11-9-25)20-22-6-5-7-23-20/h5-7,12H,8-11,13H2,1-4H3,(H,24,29). The summed E-state index contributed by atoms with van der Waals surface area (Å²) in [6, 6.07) is 3.49. The first kappa shape index (κ1) is 22.7. The number of thiophene rings is 1. The zero-order valence-electron chi connectivity index (χ0n) is 18.2. The van der Waals surface area contributed by atoms with E-state index < -0.39 is 11.4 Å². The van der Waals surface area contributed by atoms with Gasteiger partial charge in [0.1, 0.15) is 4.88 Å². The van der Waals surface area contributed by atoms with Gasteiger partial charge in [-0.05, 0) is 24.6 Å². The molecule has 1 aliphatic rings. The van der Waals surface area contributed by atoms with E-state index in [2.05, 4.69) is 15.3 Å². The Morgan fingerprint density at radius 1 is 1.13 bits per heavy atom. The predicted octanol–water partition coefficient (Wildman–Crippen LogP) is 2.34. The average Bonchev–Trinajstić information content (AvgIpc) is 3.12. The number of hydrogen-bond acceptors (Lipinski definition) is 8. The molecule has 1 aliphatic heterocycles. The van der Waals surface area contributed by atoms with E-state index in [-0.39, 0.29) is 18.4 Å². The van der Waals surface area contributed by atoms with E-state index in [0.717, 1.165) is 11.3 Å². The molecule has 2 amide bonds. The number of esters is 1. The lowest BCUT2D eigenvalue weighted by atomic mass is 9.96. The summed E-state index contributed by atoms with van der Waals surface area (Å²) in [5.41, 5.74) is 0.157. The first-order chi connectivity index (χ1) is 14.6. The van der Waals surface area contributed by atoms with Crippen LogP contribution in [0.5, 0.6) is 0 Å². The summed E-state index contributed by atoms with van der Waals surface area (Å²) < 4.78 is 5.25. The minimum absolute atomic E-state index is 0.135. The fraction of sp³-hybridized carbons (Fsp3) is 0.476. The number of carbonyl (C=O) groups is 3. The first-order valence-corrected chi connectivity index (χ1v) is 10.9. The largest absolute Gasteiger partial charge is 0.451 e. The molecule has 0 atom stereocenters. The molecule has 0 saturated carbocycles. The summed E-state index contributed by atoms with van der Waals surface area (Å²) in [5.74, 6) is -0.298. The third kappa shape index (κ3) is 5.78. The van der Waals surface area contributed by atoms with Crippen molar-refractivity contribution in [3.63, 3.8) is 0 Å². The Balaban J connectivity index is 1.50. The van der Waals surface area contributed by atoms with Crippen LogP contribution in [0.2, 0.25) is 0 Å². The van der Waals surface area contributed by atoms with Crippen LogP contribution in [0, 0.1) is 12.3 Å². The number of anilines is 2. The Hall–Kier alpha value is -3.01. The molecule has 9 nitrogen and oxygen atoms in total. The molecule has 31 heavy (non-hydrogen) atoms. The lowest BCUT2D eigenvalue weighted by molar-refractivity contribution is -0.134. The van der Waals surface area contributed by atoms with E-state index in [9.17, 15) is 14.4 Å². The van der Waals surface area contributed by atoms with Crippen LogP contribution in [0.15, 0.2) is 24.5 Å². The van der Waals surface area contributed by atoms with Crippen molar-refractivity contribution in [3.05, 3.63) is 35.0 Å². The van der Waals surface area contributed by atoms with Crippen molar-refractivity contribution in [2.75, 3.05) is 43.0 Å². The monoisotopic (exact) mass is 445 g/mol. The third-order valence-corrected chi connectivity index (χ3v) is 5.95. The summed E-state index contributed by atoms with van der Waals surface area (Å²) in [7, 11) is 0. The van der Waals surface area contributed by atoms with Crippen LogP contribution in [-0.2, 0) is 14.3 Å². The number of aryl methyl sites for hydroxylation is 1. The minimum atomic E-state index is -0.566. The van der Waals surface area contributed by atoms with Gasteiger partial charge in [-0.1, -0.05) is 20.8 Å². The number of rotatable bonds is 5. The molecule has 0 aromatic carbocycles. The van der Waals surface area contributed by atoms with Gasteiger partial charge in [0.2, 0.25) is 11.9 Å². The van der Waals surface area contributed by atoms with Crippen LogP contribution in [0.4, 0.5) is 10.9 Å². The molecule has 1 saturated heterocycles. The second-order valence-corrected chi connectivity index (χ2v) is 9.37. The lowest BCUT2D eigenvalue weighted by Gasteiger charge is -2.34. The van der Waals surface area contributed by atoms with E-state index in [1.54, 1.807) is 36.4 Å². The number of aromatic nitrogens is 2. The molecule has 0 aliphatic carbocycles. The molecule has 1 N–H and O–H groups in total. The van der Waals surface area contributed by atoms with Gasteiger partial charge in [0, 0.05) is 44.0 Å². The normalized spacial score (nSPS) is 14.3. The fourth-order valence-corrected chi connectivity index (χ4v) is 3.90. The average molecular weight is 446 g/mol. The number of nitrogens with zero attached hydrogens (tertiary/aromatic N) is 4. The van der Waals surface area contributed by atoms with Gasteiger partial charge in [0.05, 0.1) is 5.00 Å². The molecule has 2 aromatic rings. The zero-order chi connectivity index (χ0) is 22.6. The Bertz CT molecular complexity index is 946. The quantitative estimate of drug-likeness (QED) is 0.704. The van der Waals surface area contributed by atoms with Gasteiger partial charge >= 0.3 is 5.97 Å². The topological polar surface area (TPSA) is 105 Å². The number of piperazine rings is 1. The van der Waals surface area contributed by atoms with Crippen molar-refractivity contribution >= 4 is 40.1 Å². The molecule has 0 spiro atoms. The van der Waals surface area contributed by atoms with E-state index in [4.69, 9.17) is 4.74 Å². The summed E-state index contributed by atoms with van der Waals surface area (Å²) in [4.78, 5) is 49.6. The molecule has 0 unspecified atom stereocenters. The second-order valence-electron chi connectivity index (χ2n) is 8.32. The van der Waals surface area contributed by atoms with Gasteiger partial charge in [-0.2, -0.15) is 0 Å². The second kappa shape index (κ2) is 9.42. The van der Waals surface area contributed by atoms with Gasteiger partial charge < -0.3 is 19.9 Å². The molecule has 3 rings (SSSR count). The van der Waals surface area contributed by atoms with Crippen molar-refractivity contribution in [3.8, 4) is 0 Å². The number of ether oxygens (including phenoxy) is 1. The third-order valence-electron chi connectivity index (χ3n) is 4.82. The van der Waals surface area contributed by atoms with Crippen molar-refractivity contribution in [2.45, 2.75) is 27.7 Å². The highest BCUT2D eigenvalue weighted by molar-refractivity contribution is 7.18. The fourth-order valence-electron chi connectivity index (χ4n) is 2.94. The van der Waals surface area contributed by atoms with Crippen LogP contribution in [-0.4, -0.2) is 65.4 Å². The molecule has 2 aromatic heterocycles. The molecular weight excluding hydrogens is 418 g/mol. The van der Waals surface area contributed by atoms with Crippen LogP contribution >= 0.6 is 11.3 Å². The molecule has 0 radical (unpaired) electrons. The first-order valence-electron chi connectivity index (χ1n) is 10.0. The van der Waals surface area contributed by atoms with Gasteiger partial charge in [-0.25, -0.2) is 14.8 Å². The van der Waals surface area contributed by atoms with Crippen LogP contribution in [0.3, 0.4) is 0 Å². The molecule has 166 valence electrons. The summed E-state index contributed by atoms with van der Waals surface area (Å²) in [6.45, 7) is 9.15. The van der Waals surface area contributed by atoms with E-state index >= 15 is 0 Å². The maximum Gasteiger partial charge on any atom is 0.349 e. The minimum Gasteiger partial charge on any atom is -0.451 e. The summed E-state index contributed by atoms with van der Waals surface area (Å²) in [5, 5.41) is 3.39. The Kier molecular flexibility index (Phi) is 6.89. The predicted molar refractivity (Wildman–Crippen MR) is 118 cm³/mol. The molecule has 0 bridgehead atoms. The molecule has 10 heteroatoms. The summed E-state index contributed by atoms with van der Waals surface area (Å²) >= 11 is 1.15. The number of hydrogen-bond donors (Lipinski definition) is 1.